The Balaban J connectivity index is 1.98. The molecule has 0 N–H and O–H groups in total. The highest BCUT2D eigenvalue weighted by Crippen LogP contribution is 2.26. The van der Waals surface area contributed by atoms with Crippen LogP contribution in [0.4, 0.5) is 0 Å². The van der Waals surface area contributed by atoms with E-state index in [1.807, 2.05) is 4.68 Å². The Labute approximate surface area is 88.2 Å². The van der Waals surface area contributed by atoms with Crippen LogP contribution in [0.25, 0.3) is 0 Å². The van der Waals surface area contributed by atoms with Gasteiger partial charge in [0.05, 0.1) is 18.2 Å². The summed E-state index contributed by atoms with van der Waals surface area (Å²) in [4.78, 5) is 11.7. The van der Waals surface area contributed by atoms with Crippen LogP contribution in [0.1, 0.15) is 24.1 Å². The molecular weight excluding hydrogens is 192 g/mol. The van der Waals surface area contributed by atoms with Crippen molar-refractivity contribution in [3.05, 3.63) is 17.5 Å². The van der Waals surface area contributed by atoms with Gasteiger partial charge < -0.3 is 4.74 Å². The minimum atomic E-state index is -0.0305. The number of aromatic nitrogens is 2. The number of carbonyl (C=O) groups is 1. The van der Waals surface area contributed by atoms with Gasteiger partial charge in [0, 0.05) is 25.6 Å². The third kappa shape index (κ3) is 1.54. The number of cyclic esters (lactones) is 1. The molecule has 0 amide bonds. The Hall–Kier alpha value is -1.32. The highest BCUT2D eigenvalue weighted by atomic mass is 16.5. The Morgan fingerprint density at radius 3 is 3.40 bits per heavy atom. The van der Waals surface area contributed by atoms with Crippen molar-refractivity contribution in [3.8, 4) is 0 Å². The number of fused-ring (bicyclic) bond motifs is 2. The van der Waals surface area contributed by atoms with E-state index in [-0.39, 0.29) is 11.9 Å². The molecule has 1 aliphatic carbocycles. The zero-order valence-electron chi connectivity index (χ0n) is 8.61. The van der Waals surface area contributed by atoms with Gasteiger partial charge in [-0.05, 0) is 18.4 Å². The minimum absolute atomic E-state index is 0.0305. The molecular formula is C11H14N2O2. The van der Waals surface area contributed by atoms with E-state index < -0.39 is 0 Å². The second kappa shape index (κ2) is 3.36. The molecule has 1 unspecified atom stereocenters. The summed E-state index contributed by atoms with van der Waals surface area (Å²) in [6.07, 6.45) is 5.63. The molecule has 0 saturated carbocycles. The molecule has 4 heteroatoms. The number of rotatable bonds is 0. The topological polar surface area (TPSA) is 44.1 Å². The molecule has 0 aromatic carbocycles. The summed E-state index contributed by atoms with van der Waals surface area (Å²) in [7, 11) is 0. The first kappa shape index (κ1) is 8.95. The third-order valence-corrected chi connectivity index (χ3v) is 3.24. The molecule has 1 atom stereocenters. The fraction of sp³-hybridized carbons (Fsp3) is 0.636. The molecule has 4 nitrogen and oxygen atoms in total. The molecule has 3 rings (SSSR count). The van der Waals surface area contributed by atoms with Crippen LogP contribution in [-0.2, 0) is 28.9 Å². The predicted octanol–water partition coefficient (Wildman–Crippen LogP) is 0.935. The quantitative estimate of drug-likeness (QED) is 0.593. The number of nitrogens with zero attached hydrogens (tertiary/aromatic N) is 2. The number of carbonyl (C=O) groups excluding carboxylic acids is 1. The minimum Gasteiger partial charge on any atom is -0.465 e. The number of ether oxygens (including phenoxy) is 1. The smallest absolute Gasteiger partial charge is 0.309 e. The molecule has 1 aliphatic heterocycles. The molecule has 2 heterocycles. The number of hydrogen-bond donors (Lipinski definition) is 0. The molecule has 0 spiro atoms. The molecule has 2 aliphatic rings. The van der Waals surface area contributed by atoms with Gasteiger partial charge in [-0.1, -0.05) is 0 Å². The first-order valence-electron chi connectivity index (χ1n) is 5.55. The van der Waals surface area contributed by atoms with Crippen LogP contribution in [0.5, 0.6) is 0 Å². The van der Waals surface area contributed by atoms with Gasteiger partial charge in [0.2, 0.25) is 0 Å². The van der Waals surface area contributed by atoms with Crippen LogP contribution >= 0.6 is 0 Å². The lowest BCUT2D eigenvalue weighted by Crippen LogP contribution is -2.25. The lowest BCUT2D eigenvalue weighted by molar-refractivity contribution is -0.149. The number of esters is 1. The van der Waals surface area contributed by atoms with E-state index in [2.05, 4.69) is 11.3 Å². The largest absolute Gasteiger partial charge is 0.465 e. The Morgan fingerprint density at radius 2 is 2.47 bits per heavy atom. The SMILES string of the molecule is O=C1OCCCn2cc3c(n2)CC1CC3. The van der Waals surface area contributed by atoms with Crippen LogP contribution in [0.2, 0.25) is 0 Å². The van der Waals surface area contributed by atoms with Gasteiger partial charge in [-0.3, -0.25) is 9.48 Å². The van der Waals surface area contributed by atoms with Crippen molar-refractivity contribution in [1.29, 1.82) is 0 Å². The second-order valence-corrected chi connectivity index (χ2v) is 4.32. The van der Waals surface area contributed by atoms with E-state index >= 15 is 0 Å². The fourth-order valence-electron chi connectivity index (χ4n) is 2.38. The maximum Gasteiger partial charge on any atom is 0.309 e. The van der Waals surface area contributed by atoms with Gasteiger partial charge in [-0.15, -0.1) is 0 Å². The van der Waals surface area contributed by atoms with Crippen molar-refractivity contribution >= 4 is 5.97 Å². The lowest BCUT2D eigenvalue weighted by atomic mass is 9.88. The highest BCUT2D eigenvalue weighted by molar-refractivity contribution is 5.73. The van der Waals surface area contributed by atoms with E-state index in [0.717, 1.165) is 37.9 Å². The number of aryl methyl sites for hydroxylation is 2. The summed E-state index contributed by atoms with van der Waals surface area (Å²) in [6, 6.07) is 0. The summed E-state index contributed by atoms with van der Waals surface area (Å²) in [5.74, 6) is 0.0102. The van der Waals surface area contributed by atoms with Gasteiger partial charge >= 0.3 is 5.97 Å². The van der Waals surface area contributed by atoms with Gasteiger partial charge in [0.25, 0.3) is 0 Å². The maximum absolute atomic E-state index is 11.7. The first-order valence-corrected chi connectivity index (χ1v) is 5.55. The number of hydrogen-bond acceptors (Lipinski definition) is 3. The Kier molecular flexibility index (Phi) is 2.01. The van der Waals surface area contributed by atoms with Gasteiger partial charge in [0.15, 0.2) is 0 Å². The van der Waals surface area contributed by atoms with Crippen LogP contribution in [0, 0.1) is 5.92 Å². The summed E-state index contributed by atoms with van der Waals surface area (Å²) < 4.78 is 7.22. The highest BCUT2D eigenvalue weighted by Gasteiger charge is 2.28. The van der Waals surface area contributed by atoms with E-state index in [9.17, 15) is 4.79 Å². The summed E-state index contributed by atoms with van der Waals surface area (Å²) in [5, 5.41) is 4.52. The summed E-state index contributed by atoms with van der Waals surface area (Å²) >= 11 is 0. The lowest BCUT2D eigenvalue weighted by Gasteiger charge is -2.19. The van der Waals surface area contributed by atoms with E-state index in [1.165, 1.54) is 5.56 Å². The molecule has 15 heavy (non-hydrogen) atoms. The first-order chi connectivity index (χ1) is 7.33. The van der Waals surface area contributed by atoms with E-state index in [1.54, 1.807) is 0 Å². The molecule has 1 aromatic heterocycles. The third-order valence-electron chi connectivity index (χ3n) is 3.24. The molecule has 0 radical (unpaired) electrons. The van der Waals surface area contributed by atoms with Crippen molar-refractivity contribution in [2.45, 2.75) is 32.2 Å². The maximum atomic E-state index is 11.7. The second-order valence-electron chi connectivity index (χ2n) is 4.32. The predicted molar refractivity (Wildman–Crippen MR) is 53.3 cm³/mol. The zero-order chi connectivity index (χ0) is 10.3. The van der Waals surface area contributed by atoms with Crippen molar-refractivity contribution in [2.75, 3.05) is 6.61 Å². The van der Waals surface area contributed by atoms with Gasteiger partial charge in [0.1, 0.15) is 0 Å². The van der Waals surface area contributed by atoms with Crippen LogP contribution < -0.4 is 0 Å². The van der Waals surface area contributed by atoms with Crippen molar-refractivity contribution in [1.82, 2.24) is 9.78 Å². The van der Waals surface area contributed by atoms with E-state index in [0.29, 0.717) is 6.61 Å². The summed E-state index contributed by atoms with van der Waals surface area (Å²) in [5.41, 5.74) is 2.42. The normalized spacial score (nSPS) is 25.1. The van der Waals surface area contributed by atoms with Crippen molar-refractivity contribution in [3.63, 3.8) is 0 Å². The molecule has 3 bridgehead atoms. The van der Waals surface area contributed by atoms with E-state index in [4.69, 9.17) is 4.74 Å². The van der Waals surface area contributed by atoms with Crippen LogP contribution in [-0.4, -0.2) is 22.4 Å². The summed E-state index contributed by atoms with van der Waals surface area (Å²) in [6.45, 7) is 1.38. The van der Waals surface area contributed by atoms with Gasteiger partial charge in [-0.25, -0.2) is 0 Å². The Morgan fingerprint density at radius 1 is 1.53 bits per heavy atom. The monoisotopic (exact) mass is 206 g/mol. The van der Waals surface area contributed by atoms with Crippen LogP contribution in [0.3, 0.4) is 0 Å². The Bertz CT molecular complexity index is 397. The van der Waals surface area contributed by atoms with Gasteiger partial charge in [-0.2, -0.15) is 5.10 Å². The zero-order valence-corrected chi connectivity index (χ0v) is 8.61. The average molecular weight is 206 g/mol. The van der Waals surface area contributed by atoms with Crippen LogP contribution in [0.15, 0.2) is 6.20 Å². The molecule has 80 valence electrons. The molecule has 0 saturated heterocycles. The molecule has 1 aromatic rings. The average Bonchev–Trinajstić information content (AvgIpc) is 2.63. The van der Waals surface area contributed by atoms with Crippen molar-refractivity contribution < 1.29 is 9.53 Å². The van der Waals surface area contributed by atoms with Crippen molar-refractivity contribution in [2.24, 2.45) is 5.92 Å². The standard InChI is InChI=1S/C11H14N2O2/c14-11-8-2-3-9-7-13(4-1-5-15-11)12-10(9)6-8/h7-8H,1-6H2. The molecule has 0 fully saturated rings. The fourth-order valence-corrected chi connectivity index (χ4v) is 2.38.